The number of aliphatic imine (C=N–C) groups is 1. The molecule has 0 atom stereocenters. The smallest absolute Gasteiger partial charge is 0.406 e. The molecule has 0 aliphatic carbocycles. The van der Waals surface area contributed by atoms with Crippen LogP contribution in [0.2, 0.25) is 0 Å². The molecule has 0 radical (unpaired) electrons. The lowest BCUT2D eigenvalue weighted by Crippen LogP contribution is -2.32. The van der Waals surface area contributed by atoms with Crippen LogP contribution in [-0.2, 0) is 6.54 Å². The molecule has 0 spiro atoms. The summed E-state index contributed by atoms with van der Waals surface area (Å²) < 4.78 is 41.6. The quantitative estimate of drug-likeness (QED) is 0.499. The number of aryl methyl sites for hydroxylation is 1. The van der Waals surface area contributed by atoms with E-state index in [0.29, 0.717) is 23.9 Å². The number of anilines is 1. The molecular weight excluding hydrogens is 447 g/mol. The van der Waals surface area contributed by atoms with E-state index < -0.39 is 6.36 Å². The third-order valence-corrected chi connectivity index (χ3v) is 5.11. The highest BCUT2D eigenvalue weighted by molar-refractivity contribution is 6.00. The molecule has 0 amide bonds. The summed E-state index contributed by atoms with van der Waals surface area (Å²) in [6, 6.07) is 11.4. The van der Waals surface area contributed by atoms with Crippen molar-refractivity contribution in [2.45, 2.75) is 19.8 Å². The number of alkyl halides is 3. The van der Waals surface area contributed by atoms with Gasteiger partial charge in [0.1, 0.15) is 24.1 Å². The van der Waals surface area contributed by atoms with Gasteiger partial charge in [-0.1, -0.05) is 12.1 Å². The lowest BCUT2D eigenvalue weighted by atomic mass is 10.1. The van der Waals surface area contributed by atoms with Crippen LogP contribution in [0.3, 0.4) is 0 Å². The third-order valence-electron chi connectivity index (χ3n) is 5.11. The molecule has 4 heterocycles. The van der Waals surface area contributed by atoms with Crippen LogP contribution in [0.25, 0.3) is 17.0 Å². The van der Waals surface area contributed by atoms with Gasteiger partial charge in [-0.05, 0) is 43.3 Å². The van der Waals surface area contributed by atoms with Crippen molar-refractivity contribution in [1.29, 1.82) is 0 Å². The molecule has 2 aromatic heterocycles. The predicted octanol–water partition coefficient (Wildman–Crippen LogP) is 4.38. The van der Waals surface area contributed by atoms with E-state index in [1.807, 2.05) is 48.5 Å². The van der Waals surface area contributed by atoms with Crippen molar-refractivity contribution in [3.8, 4) is 17.1 Å². The Balaban J connectivity index is 1.43. The highest BCUT2D eigenvalue weighted by Gasteiger charge is 2.31. The second-order valence-electron chi connectivity index (χ2n) is 7.62. The van der Waals surface area contributed by atoms with Crippen LogP contribution in [0.5, 0.6) is 5.75 Å². The Morgan fingerprint density at radius 3 is 2.79 bits per heavy atom. The zero-order chi connectivity index (χ0) is 23.7. The van der Waals surface area contributed by atoms with Gasteiger partial charge >= 0.3 is 6.36 Å². The summed E-state index contributed by atoms with van der Waals surface area (Å²) >= 11 is 0. The Morgan fingerprint density at radius 2 is 1.97 bits per heavy atom. The molecule has 2 aliphatic heterocycles. The maximum atomic E-state index is 12.5. The van der Waals surface area contributed by atoms with Crippen molar-refractivity contribution in [2.75, 3.05) is 12.0 Å². The van der Waals surface area contributed by atoms with E-state index in [1.165, 1.54) is 18.2 Å². The Morgan fingerprint density at radius 1 is 1.12 bits per heavy atom. The SMILES string of the molecule is Cc1cccc(-c2[nH]c(CNc3cccc(OC(F)(F)F)c3)nc2C2=CN3NCN=C3C=C2)n1. The molecule has 2 aliphatic rings. The summed E-state index contributed by atoms with van der Waals surface area (Å²) in [5.74, 6) is 1.12. The average Bonchev–Trinajstić information content (AvgIpc) is 3.43. The topological polar surface area (TPSA) is 90.5 Å². The number of allylic oxidation sites excluding steroid dienone is 2. The Labute approximate surface area is 192 Å². The molecule has 34 heavy (non-hydrogen) atoms. The number of nitrogens with zero attached hydrogens (tertiary/aromatic N) is 4. The number of fused-ring (bicyclic) bond motifs is 1. The van der Waals surface area contributed by atoms with Crippen molar-refractivity contribution < 1.29 is 17.9 Å². The summed E-state index contributed by atoms with van der Waals surface area (Å²) in [4.78, 5) is 17.1. The van der Waals surface area contributed by atoms with Crippen molar-refractivity contribution in [3.05, 3.63) is 78.0 Å². The number of hydrazine groups is 1. The molecule has 174 valence electrons. The maximum Gasteiger partial charge on any atom is 0.573 e. The number of aromatic amines is 1. The first-order valence-electron chi connectivity index (χ1n) is 10.4. The molecular formula is C23H20F3N7O. The van der Waals surface area contributed by atoms with Crippen LogP contribution in [0.1, 0.15) is 17.2 Å². The number of hydrogen-bond donors (Lipinski definition) is 3. The fourth-order valence-corrected chi connectivity index (χ4v) is 3.65. The van der Waals surface area contributed by atoms with Crippen molar-refractivity contribution in [3.63, 3.8) is 0 Å². The number of rotatable bonds is 6. The van der Waals surface area contributed by atoms with Gasteiger partial charge in [-0.2, -0.15) is 0 Å². The summed E-state index contributed by atoms with van der Waals surface area (Å²) in [5.41, 5.74) is 7.51. The third kappa shape index (κ3) is 4.79. The first-order valence-corrected chi connectivity index (χ1v) is 10.4. The zero-order valence-corrected chi connectivity index (χ0v) is 18.0. The standard InChI is InChI=1S/C23H20F3N7O/c1-14-4-2-7-18(30-14)22-21(15-8-9-20-28-13-29-33(20)12-15)31-19(32-22)11-27-16-5-3-6-17(10-16)34-23(24,25)26/h2-10,12,27,29H,11,13H2,1H3,(H,31,32). The van der Waals surface area contributed by atoms with E-state index in [1.54, 1.807) is 6.07 Å². The van der Waals surface area contributed by atoms with Gasteiger partial charge in [0.05, 0.1) is 23.6 Å². The molecule has 3 N–H and O–H groups in total. The molecule has 8 nitrogen and oxygen atoms in total. The number of halogens is 3. The Hall–Kier alpha value is -4.12. The van der Waals surface area contributed by atoms with E-state index in [9.17, 15) is 13.2 Å². The second-order valence-corrected chi connectivity index (χ2v) is 7.62. The number of pyridine rings is 1. The molecule has 0 saturated carbocycles. The molecule has 0 bridgehead atoms. The number of aromatic nitrogens is 3. The van der Waals surface area contributed by atoms with Crippen LogP contribution >= 0.6 is 0 Å². The van der Waals surface area contributed by atoms with Crippen LogP contribution in [0.15, 0.2) is 65.8 Å². The van der Waals surface area contributed by atoms with Crippen LogP contribution in [0.4, 0.5) is 18.9 Å². The van der Waals surface area contributed by atoms with Crippen molar-refractivity contribution >= 4 is 17.1 Å². The normalized spacial score (nSPS) is 15.1. The van der Waals surface area contributed by atoms with Gasteiger partial charge in [0.2, 0.25) is 0 Å². The van der Waals surface area contributed by atoms with Gasteiger partial charge in [0, 0.05) is 29.2 Å². The Bertz CT molecular complexity index is 1310. The van der Waals surface area contributed by atoms with E-state index >= 15 is 0 Å². The van der Waals surface area contributed by atoms with Crippen LogP contribution in [0, 0.1) is 6.92 Å². The summed E-state index contributed by atoms with van der Waals surface area (Å²) in [6.07, 6.45) is 1.01. The highest BCUT2D eigenvalue weighted by Crippen LogP contribution is 2.30. The van der Waals surface area contributed by atoms with Gasteiger partial charge in [0.15, 0.2) is 0 Å². The molecule has 5 rings (SSSR count). The van der Waals surface area contributed by atoms with E-state index in [2.05, 4.69) is 30.4 Å². The van der Waals surface area contributed by atoms with Gasteiger partial charge in [0.25, 0.3) is 0 Å². The molecule has 0 unspecified atom stereocenters. The average molecular weight is 467 g/mol. The largest absolute Gasteiger partial charge is 0.573 e. The van der Waals surface area contributed by atoms with E-state index in [0.717, 1.165) is 28.5 Å². The predicted molar refractivity (Wildman–Crippen MR) is 121 cm³/mol. The van der Waals surface area contributed by atoms with Crippen molar-refractivity contribution in [2.24, 2.45) is 4.99 Å². The monoisotopic (exact) mass is 467 g/mol. The highest BCUT2D eigenvalue weighted by atomic mass is 19.4. The van der Waals surface area contributed by atoms with Crippen LogP contribution in [-0.4, -0.2) is 38.8 Å². The fourth-order valence-electron chi connectivity index (χ4n) is 3.65. The van der Waals surface area contributed by atoms with E-state index in [4.69, 9.17) is 4.98 Å². The summed E-state index contributed by atoms with van der Waals surface area (Å²) in [7, 11) is 0. The van der Waals surface area contributed by atoms with Gasteiger partial charge < -0.3 is 15.0 Å². The minimum Gasteiger partial charge on any atom is -0.406 e. The van der Waals surface area contributed by atoms with Gasteiger partial charge in [-0.3, -0.25) is 9.99 Å². The minimum atomic E-state index is -4.75. The number of amidine groups is 1. The van der Waals surface area contributed by atoms with E-state index in [-0.39, 0.29) is 12.3 Å². The number of benzene rings is 1. The fraction of sp³-hybridized carbons (Fsp3) is 0.174. The zero-order valence-electron chi connectivity index (χ0n) is 18.0. The number of H-pyrrole nitrogens is 1. The Kier molecular flexibility index (Phi) is 5.54. The van der Waals surface area contributed by atoms with Gasteiger partial charge in [-0.15, -0.1) is 13.2 Å². The lowest BCUT2D eigenvalue weighted by Gasteiger charge is -2.18. The number of hydrogen-bond acceptors (Lipinski definition) is 7. The van der Waals surface area contributed by atoms with Crippen molar-refractivity contribution in [1.82, 2.24) is 25.4 Å². The molecule has 11 heteroatoms. The number of imidazole rings is 1. The first kappa shape index (κ1) is 21.7. The molecule has 0 fully saturated rings. The molecule has 1 aromatic carbocycles. The summed E-state index contributed by atoms with van der Waals surface area (Å²) in [5, 5.41) is 4.92. The first-order chi connectivity index (χ1) is 16.3. The van der Waals surface area contributed by atoms with Gasteiger partial charge in [-0.25, -0.2) is 15.4 Å². The summed E-state index contributed by atoms with van der Waals surface area (Å²) in [6.45, 7) is 2.66. The second kappa shape index (κ2) is 8.67. The number of nitrogens with one attached hydrogen (secondary N) is 3. The van der Waals surface area contributed by atoms with Crippen LogP contribution < -0.4 is 15.5 Å². The molecule has 0 saturated heterocycles. The minimum absolute atomic E-state index is 0.250. The maximum absolute atomic E-state index is 12.5. The molecule has 3 aromatic rings. The number of ether oxygens (including phenoxy) is 1. The lowest BCUT2D eigenvalue weighted by molar-refractivity contribution is -0.274.